The van der Waals surface area contributed by atoms with Crippen LogP contribution >= 0.6 is 0 Å². The van der Waals surface area contributed by atoms with Gasteiger partial charge in [-0.05, 0) is 32.6 Å². The maximum atomic E-state index is 11.9. The minimum absolute atomic E-state index is 0.144. The quantitative estimate of drug-likeness (QED) is 0.836. The van der Waals surface area contributed by atoms with Crippen LogP contribution in [0.2, 0.25) is 0 Å². The molecule has 0 aliphatic heterocycles. The molecule has 1 N–H and O–H groups in total. The van der Waals surface area contributed by atoms with Crippen LogP contribution in [-0.4, -0.2) is 23.0 Å². The molecule has 1 aromatic rings. The number of carbonyl (C=O) groups is 1. The summed E-state index contributed by atoms with van der Waals surface area (Å²) in [5, 5.41) is 0. The predicted molar refractivity (Wildman–Crippen MR) is 67.5 cm³/mol. The first kappa shape index (κ1) is 11.8. The zero-order valence-corrected chi connectivity index (χ0v) is 11.1. The van der Waals surface area contributed by atoms with Crippen LogP contribution in [0, 0.1) is 6.92 Å². The Morgan fingerprint density at radius 2 is 2.06 bits per heavy atom. The number of esters is 1. The molecule has 2 fully saturated rings. The highest BCUT2D eigenvalue weighted by Gasteiger charge is 2.55. The number of nitrogens with one attached hydrogen (secondary N) is 1. The number of rotatable bonds is 3. The van der Waals surface area contributed by atoms with Crippen molar-refractivity contribution < 1.29 is 9.53 Å². The smallest absolute Gasteiger partial charge is 0.319 e. The third-order valence-corrected chi connectivity index (χ3v) is 4.44. The zero-order chi connectivity index (χ0) is 12.8. The van der Waals surface area contributed by atoms with Crippen LogP contribution in [0.15, 0.2) is 0 Å². The molecular weight excluding hydrogens is 228 g/mol. The Morgan fingerprint density at radius 3 is 2.61 bits per heavy atom. The van der Waals surface area contributed by atoms with E-state index >= 15 is 0 Å². The van der Waals surface area contributed by atoms with Crippen molar-refractivity contribution in [3.05, 3.63) is 17.2 Å². The highest BCUT2D eigenvalue weighted by atomic mass is 16.5. The number of aryl methyl sites for hydroxylation is 1. The molecule has 98 valence electrons. The summed E-state index contributed by atoms with van der Waals surface area (Å²) in [6.45, 7) is 2.07. The molecule has 0 amide bonds. The van der Waals surface area contributed by atoms with E-state index in [1.165, 1.54) is 38.5 Å². The van der Waals surface area contributed by atoms with Gasteiger partial charge in [0.25, 0.3) is 0 Å². The molecule has 3 rings (SSSR count). The number of carbonyl (C=O) groups excluding carboxylic acids is 1. The van der Waals surface area contributed by atoms with E-state index in [9.17, 15) is 4.79 Å². The van der Waals surface area contributed by atoms with Crippen LogP contribution < -0.4 is 0 Å². The second-order valence-corrected chi connectivity index (χ2v) is 5.65. The number of ether oxygens (including phenoxy) is 1. The summed E-state index contributed by atoms with van der Waals surface area (Å²) in [6, 6.07) is 0. The number of imidazole rings is 1. The van der Waals surface area contributed by atoms with Gasteiger partial charge >= 0.3 is 5.97 Å². The van der Waals surface area contributed by atoms with E-state index in [1.807, 2.05) is 0 Å². The summed E-state index contributed by atoms with van der Waals surface area (Å²) >= 11 is 0. The molecule has 0 radical (unpaired) electrons. The zero-order valence-electron chi connectivity index (χ0n) is 11.1. The molecule has 0 bridgehead atoms. The number of hydrogen-bond acceptors (Lipinski definition) is 3. The molecule has 1 aromatic heterocycles. The number of aromatic amines is 1. The minimum Gasteiger partial charge on any atom is -0.468 e. The number of aromatic nitrogens is 2. The summed E-state index contributed by atoms with van der Waals surface area (Å²) in [5.41, 5.74) is 1.85. The number of methoxy groups -OCH3 is 1. The van der Waals surface area contributed by atoms with Crippen molar-refractivity contribution in [3.8, 4) is 0 Å². The highest BCUT2D eigenvalue weighted by molar-refractivity contribution is 5.85. The van der Waals surface area contributed by atoms with Crippen molar-refractivity contribution in [3.63, 3.8) is 0 Å². The molecule has 1 heterocycles. The second-order valence-electron chi connectivity index (χ2n) is 5.65. The van der Waals surface area contributed by atoms with Crippen molar-refractivity contribution >= 4 is 5.97 Å². The maximum Gasteiger partial charge on any atom is 0.319 e. The van der Waals surface area contributed by atoms with E-state index in [2.05, 4.69) is 11.9 Å². The predicted octanol–water partition coefficient (Wildman–Crippen LogP) is 2.58. The van der Waals surface area contributed by atoms with E-state index in [0.29, 0.717) is 5.92 Å². The normalized spacial score (nSPS) is 22.1. The maximum absolute atomic E-state index is 11.9. The van der Waals surface area contributed by atoms with Gasteiger partial charge in [0.1, 0.15) is 11.2 Å². The molecule has 2 saturated carbocycles. The van der Waals surface area contributed by atoms with E-state index in [0.717, 1.165) is 24.4 Å². The monoisotopic (exact) mass is 248 g/mol. The first-order valence-corrected chi connectivity index (χ1v) is 6.83. The van der Waals surface area contributed by atoms with Crippen molar-refractivity contribution in [2.45, 2.75) is 56.8 Å². The van der Waals surface area contributed by atoms with Crippen LogP contribution in [-0.2, 0) is 14.9 Å². The minimum atomic E-state index is -0.462. The second kappa shape index (κ2) is 4.11. The van der Waals surface area contributed by atoms with Gasteiger partial charge in [0.15, 0.2) is 0 Å². The Kier molecular flexibility index (Phi) is 2.68. The van der Waals surface area contributed by atoms with Gasteiger partial charge in [-0.3, -0.25) is 4.79 Å². The van der Waals surface area contributed by atoms with E-state index < -0.39 is 5.41 Å². The summed E-state index contributed by atoms with van der Waals surface area (Å²) in [4.78, 5) is 19.9. The summed E-state index contributed by atoms with van der Waals surface area (Å²) in [7, 11) is 1.45. The van der Waals surface area contributed by atoms with E-state index in [-0.39, 0.29) is 5.97 Å². The highest BCUT2D eigenvalue weighted by Crippen LogP contribution is 2.48. The molecular formula is C14H20N2O2. The van der Waals surface area contributed by atoms with Crippen LogP contribution in [0.5, 0.6) is 0 Å². The van der Waals surface area contributed by atoms with Gasteiger partial charge in [0, 0.05) is 11.6 Å². The van der Waals surface area contributed by atoms with Gasteiger partial charge < -0.3 is 9.72 Å². The van der Waals surface area contributed by atoms with Crippen LogP contribution in [0.25, 0.3) is 0 Å². The van der Waals surface area contributed by atoms with E-state index in [4.69, 9.17) is 9.72 Å². The Hall–Kier alpha value is -1.32. The molecule has 0 atom stereocenters. The average molecular weight is 248 g/mol. The lowest BCUT2D eigenvalue weighted by Gasteiger charge is -2.09. The fourth-order valence-electron chi connectivity index (χ4n) is 3.16. The summed E-state index contributed by atoms with van der Waals surface area (Å²) in [6.07, 6.45) is 6.78. The van der Waals surface area contributed by atoms with Gasteiger partial charge in [0.2, 0.25) is 0 Å². The molecule has 0 aromatic carbocycles. The fraction of sp³-hybridized carbons (Fsp3) is 0.714. The third-order valence-electron chi connectivity index (χ3n) is 4.44. The van der Waals surface area contributed by atoms with Gasteiger partial charge in [-0.25, -0.2) is 4.98 Å². The first-order valence-electron chi connectivity index (χ1n) is 6.83. The van der Waals surface area contributed by atoms with Crippen molar-refractivity contribution in [1.29, 1.82) is 0 Å². The molecule has 0 spiro atoms. The molecule has 2 aliphatic carbocycles. The molecule has 4 nitrogen and oxygen atoms in total. The lowest BCUT2D eigenvalue weighted by atomic mass is 10.0. The van der Waals surface area contributed by atoms with Gasteiger partial charge in [-0.15, -0.1) is 0 Å². The SMILES string of the molecule is COC(=O)C1(c2nc(C3CCCC3)c(C)[nH]2)CC1. The molecule has 2 aliphatic rings. The number of hydrogen-bond donors (Lipinski definition) is 1. The standard InChI is InChI=1S/C14H20N2O2/c1-9-11(10-5-3-4-6-10)16-12(15-9)14(7-8-14)13(17)18-2/h10H,3-8H2,1-2H3,(H,15,16). The largest absolute Gasteiger partial charge is 0.468 e. The molecule has 0 unspecified atom stereocenters. The summed E-state index contributed by atoms with van der Waals surface area (Å²) < 4.78 is 4.91. The average Bonchev–Trinajstić information content (AvgIpc) is 2.83. The van der Waals surface area contributed by atoms with Crippen molar-refractivity contribution in [2.75, 3.05) is 7.11 Å². The van der Waals surface area contributed by atoms with Crippen LogP contribution in [0.3, 0.4) is 0 Å². The Bertz CT molecular complexity index is 468. The third kappa shape index (κ3) is 1.66. The Balaban J connectivity index is 1.90. The van der Waals surface area contributed by atoms with Gasteiger partial charge in [0.05, 0.1) is 12.8 Å². The van der Waals surface area contributed by atoms with E-state index in [1.54, 1.807) is 0 Å². The topological polar surface area (TPSA) is 55.0 Å². The van der Waals surface area contributed by atoms with Crippen molar-refractivity contribution in [2.24, 2.45) is 0 Å². The van der Waals surface area contributed by atoms with Gasteiger partial charge in [-0.1, -0.05) is 12.8 Å². The molecule has 18 heavy (non-hydrogen) atoms. The fourth-order valence-corrected chi connectivity index (χ4v) is 3.16. The molecule has 4 heteroatoms. The number of nitrogens with zero attached hydrogens (tertiary/aromatic N) is 1. The lowest BCUT2D eigenvalue weighted by Crippen LogP contribution is -2.23. The van der Waals surface area contributed by atoms with Crippen LogP contribution in [0.4, 0.5) is 0 Å². The summed E-state index contributed by atoms with van der Waals surface area (Å²) in [5.74, 6) is 1.27. The Morgan fingerprint density at radius 1 is 1.39 bits per heavy atom. The first-order chi connectivity index (χ1) is 8.67. The van der Waals surface area contributed by atoms with Gasteiger partial charge in [-0.2, -0.15) is 0 Å². The molecule has 0 saturated heterocycles. The Labute approximate surface area is 107 Å². The van der Waals surface area contributed by atoms with Crippen molar-refractivity contribution in [1.82, 2.24) is 9.97 Å². The number of H-pyrrole nitrogens is 1. The van der Waals surface area contributed by atoms with Crippen LogP contribution in [0.1, 0.15) is 61.7 Å². The lowest BCUT2D eigenvalue weighted by molar-refractivity contribution is -0.143.